The number of rotatable bonds is 6. The summed E-state index contributed by atoms with van der Waals surface area (Å²) in [7, 11) is 0. The molecule has 1 aromatic carbocycles. The van der Waals surface area contributed by atoms with Gasteiger partial charge in [0, 0.05) is 34.8 Å². The number of esters is 1. The van der Waals surface area contributed by atoms with Crippen molar-refractivity contribution in [2.45, 2.75) is 27.7 Å². The van der Waals surface area contributed by atoms with Crippen LogP contribution < -0.4 is 5.43 Å². The number of nitrogens with zero attached hydrogens (tertiary/aromatic N) is 4. The minimum atomic E-state index is -0.959. The van der Waals surface area contributed by atoms with Gasteiger partial charge in [-0.2, -0.15) is 5.10 Å². The Kier molecular flexibility index (Phi) is 5.78. The number of aromatic nitrogens is 4. The van der Waals surface area contributed by atoms with Crippen molar-refractivity contribution in [1.82, 2.24) is 19.5 Å². The number of carbonyl (C=O) groups excluding carboxylic acids is 2. The van der Waals surface area contributed by atoms with E-state index in [9.17, 15) is 14.4 Å². The first-order chi connectivity index (χ1) is 15.8. The van der Waals surface area contributed by atoms with Gasteiger partial charge in [-0.15, -0.1) is 0 Å². The second-order valence-corrected chi connectivity index (χ2v) is 7.66. The molecule has 0 fully saturated rings. The summed E-state index contributed by atoms with van der Waals surface area (Å²) in [4.78, 5) is 37.8. The fourth-order valence-corrected chi connectivity index (χ4v) is 3.65. The summed E-state index contributed by atoms with van der Waals surface area (Å²) in [6.07, 6.45) is 0. The molecule has 0 amide bonds. The van der Waals surface area contributed by atoms with Crippen LogP contribution in [0.25, 0.3) is 11.5 Å². The lowest BCUT2D eigenvalue weighted by Gasteiger charge is -2.11. The van der Waals surface area contributed by atoms with Crippen LogP contribution in [0.15, 0.2) is 57.8 Å². The SMILES string of the molecule is Cc1cc(-n2c(C)cc(C(=O)COC(=O)c3nn(-c4ccccc4)c(C)cc3=O)c2C)no1. The van der Waals surface area contributed by atoms with Crippen LogP contribution in [-0.4, -0.2) is 37.9 Å². The van der Waals surface area contributed by atoms with E-state index in [0.717, 1.165) is 5.69 Å². The molecule has 4 aromatic rings. The highest BCUT2D eigenvalue weighted by Crippen LogP contribution is 2.21. The van der Waals surface area contributed by atoms with Gasteiger partial charge in [0.1, 0.15) is 5.76 Å². The number of aryl methyl sites for hydroxylation is 3. The van der Waals surface area contributed by atoms with Gasteiger partial charge in [0.2, 0.25) is 16.9 Å². The maximum atomic E-state index is 12.8. The van der Waals surface area contributed by atoms with Gasteiger partial charge in [0.25, 0.3) is 0 Å². The number of ether oxygens (including phenoxy) is 1. The Morgan fingerprint density at radius 1 is 1.00 bits per heavy atom. The van der Waals surface area contributed by atoms with E-state index < -0.39 is 23.8 Å². The maximum absolute atomic E-state index is 12.8. The number of ketones is 1. The summed E-state index contributed by atoms with van der Waals surface area (Å²) < 4.78 is 13.5. The van der Waals surface area contributed by atoms with Crippen molar-refractivity contribution in [3.05, 3.63) is 92.9 Å². The molecule has 33 heavy (non-hydrogen) atoms. The highest BCUT2D eigenvalue weighted by molar-refractivity contribution is 6.00. The van der Waals surface area contributed by atoms with Gasteiger partial charge in [0.05, 0.1) is 5.69 Å². The molecule has 0 saturated heterocycles. The first kappa shape index (κ1) is 21.9. The zero-order valence-electron chi connectivity index (χ0n) is 18.7. The van der Waals surface area contributed by atoms with Crippen LogP contribution in [-0.2, 0) is 4.74 Å². The molecule has 0 bridgehead atoms. The largest absolute Gasteiger partial charge is 0.452 e. The third kappa shape index (κ3) is 4.25. The average molecular weight is 446 g/mol. The average Bonchev–Trinajstić information content (AvgIpc) is 3.34. The molecule has 4 rings (SSSR count). The predicted molar refractivity (Wildman–Crippen MR) is 119 cm³/mol. The van der Waals surface area contributed by atoms with Crippen molar-refractivity contribution in [3.8, 4) is 11.5 Å². The molecule has 3 heterocycles. The Bertz CT molecular complexity index is 1410. The van der Waals surface area contributed by atoms with Crippen LogP contribution in [0, 0.1) is 27.7 Å². The van der Waals surface area contributed by atoms with E-state index in [2.05, 4.69) is 10.3 Å². The minimum Gasteiger partial charge on any atom is -0.452 e. The van der Waals surface area contributed by atoms with E-state index in [4.69, 9.17) is 9.26 Å². The number of hydrogen-bond acceptors (Lipinski definition) is 7. The highest BCUT2D eigenvalue weighted by Gasteiger charge is 2.22. The molecule has 168 valence electrons. The van der Waals surface area contributed by atoms with Crippen molar-refractivity contribution >= 4 is 11.8 Å². The monoisotopic (exact) mass is 446 g/mol. The molecule has 0 spiro atoms. The normalized spacial score (nSPS) is 10.9. The number of carbonyl (C=O) groups is 2. The molecule has 3 aromatic heterocycles. The topological polar surface area (TPSA) is 109 Å². The number of hydrogen-bond donors (Lipinski definition) is 0. The number of Topliss-reactive ketones (excluding diaryl/α,β-unsaturated/α-hetero) is 1. The van der Waals surface area contributed by atoms with Gasteiger partial charge in [-0.25, -0.2) is 9.48 Å². The molecule has 0 radical (unpaired) electrons. The molecule has 9 nitrogen and oxygen atoms in total. The molecule has 0 unspecified atom stereocenters. The van der Waals surface area contributed by atoms with Crippen LogP contribution in [0.3, 0.4) is 0 Å². The van der Waals surface area contributed by atoms with E-state index in [-0.39, 0.29) is 5.69 Å². The second kappa shape index (κ2) is 8.70. The number of benzene rings is 1. The van der Waals surface area contributed by atoms with E-state index in [1.807, 2.05) is 25.1 Å². The smallest absolute Gasteiger partial charge is 0.363 e. The zero-order chi connectivity index (χ0) is 23.7. The van der Waals surface area contributed by atoms with Gasteiger partial charge in [0.15, 0.2) is 12.4 Å². The summed E-state index contributed by atoms with van der Waals surface area (Å²) in [6, 6.07) is 13.9. The fourth-order valence-electron chi connectivity index (χ4n) is 3.65. The van der Waals surface area contributed by atoms with Gasteiger partial charge < -0.3 is 9.26 Å². The third-order valence-electron chi connectivity index (χ3n) is 5.21. The molecule has 0 aliphatic heterocycles. The van der Waals surface area contributed by atoms with Crippen LogP contribution in [0.1, 0.15) is 43.7 Å². The van der Waals surface area contributed by atoms with Crippen LogP contribution in [0.4, 0.5) is 0 Å². The lowest BCUT2D eigenvalue weighted by Crippen LogP contribution is -2.25. The van der Waals surface area contributed by atoms with Crippen LogP contribution >= 0.6 is 0 Å². The molecule has 0 saturated carbocycles. The maximum Gasteiger partial charge on any atom is 0.363 e. The quantitative estimate of drug-likeness (QED) is 0.330. The zero-order valence-corrected chi connectivity index (χ0v) is 18.7. The van der Waals surface area contributed by atoms with Gasteiger partial charge in [-0.1, -0.05) is 23.4 Å². The fraction of sp³-hybridized carbons (Fsp3) is 0.208. The highest BCUT2D eigenvalue weighted by atomic mass is 16.5. The second-order valence-electron chi connectivity index (χ2n) is 7.66. The lowest BCUT2D eigenvalue weighted by atomic mass is 10.1. The standard InChI is InChI=1S/C24H22N4O5/c1-14-10-19(17(4)27(14)22-12-16(3)33-26-22)21(30)13-32-24(31)23-20(29)11-15(2)28(25-23)18-8-6-5-7-9-18/h5-12H,13H2,1-4H3. The first-order valence-electron chi connectivity index (χ1n) is 10.3. The van der Waals surface area contributed by atoms with E-state index >= 15 is 0 Å². The van der Waals surface area contributed by atoms with Crippen molar-refractivity contribution in [1.29, 1.82) is 0 Å². The molecule has 9 heteroatoms. The van der Waals surface area contributed by atoms with Gasteiger partial charge in [-0.3, -0.25) is 14.2 Å². The molecule has 0 atom stereocenters. The molecular formula is C24H22N4O5. The molecule has 0 N–H and O–H groups in total. The Morgan fingerprint density at radius 2 is 1.73 bits per heavy atom. The van der Waals surface area contributed by atoms with Crippen LogP contribution in [0.5, 0.6) is 0 Å². The lowest BCUT2D eigenvalue weighted by molar-refractivity contribution is 0.0465. The Morgan fingerprint density at radius 3 is 2.39 bits per heavy atom. The Labute approximate surface area is 189 Å². The van der Waals surface area contributed by atoms with E-state index in [1.54, 1.807) is 49.6 Å². The molecule has 0 aliphatic rings. The third-order valence-corrected chi connectivity index (χ3v) is 5.21. The van der Waals surface area contributed by atoms with Crippen molar-refractivity contribution < 1.29 is 18.8 Å². The Hall–Kier alpha value is -4.27. The van der Waals surface area contributed by atoms with E-state index in [0.29, 0.717) is 34.2 Å². The summed E-state index contributed by atoms with van der Waals surface area (Å²) in [5.41, 5.74) is 2.10. The molecular weight excluding hydrogens is 424 g/mol. The van der Waals surface area contributed by atoms with Gasteiger partial charge >= 0.3 is 5.97 Å². The van der Waals surface area contributed by atoms with Crippen molar-refractivity contribution in [2.75, 3.05) is 6.61 Å². The summed E-state index contributed by atoms with van der Waals surface area (Å²) in [6.45, 7) is 6.57. The van der Waals surface area contributed by atoms with Gasteiger partial charge in [-0.05, 0) is 45.9 Å². The summed E-state index contributed by atoms with van der Waals surface area (Å²) in [5, 5.41) is 8.16. The van der Waals surface area contributed by atoms with Crippen LogP contribution in [0.2, 0.25) is 0 Å². The first-order valence-corrected chi connectivity index (χ1v) is 10.3. The number of para-hydroxylation sites is 1. The van der Waals surface area contributed by atoms with E-state index in [1.165, 1.54) is 10.7 Å². The predicted octanol–water partition coefficient (Wildman–Crippen LogP) is 3.28. The van der Waals surface area contributed by atoms with Crippen molar-refractivity contribution in [2.24, 2.45) is 0 Å². The van der Waals surface area contributed by atoms with Crippen molar-refractivity contribution in [3.63, 3.8) is 0 Å². The summed E-state index contributed by atoms with van der Waals surface area (Å²) in [5.74, 6) is -0.160. The Balaban J connectivity index is 1.54. The summed E-state index contributed by atoms with van der Waals surface area (Å²) >= 11 is 0. The molecule has 0 aliphatic carbocycles. The minimum absolute atomic E-state index is 0.388.